The van der Waals surface area contributed by atoms with Crippen molar-refractivity contribution >= 4 is 35.2 Å². The summed E-state index contributed by atoms with van der Waals surface area (Å²) >= 11 is 11.8. The molecule has 2 aromatic rings. The van der Waals surface area contributed by atoms with Crippen molar-refractivity contribution in [1.82, 2.24) is 5.32 Å². The molecule has 0 aliphatic carbocycles. The summed E-state index contributed by atoms with van der Waals surface area (Å²) < 4.78 is 10.5. The summed E-state index contributed by atoms with van der Waals surface area (Å²) in [5.74, 6) is 1.22. The van der Waals surface area contributed by atoms with Gasteiger partial charge in [-0.05, 0) is 41.5 Å². The molecule has 0 bridgehead atoms. The molecular formula is C17H13Cl2NO3. The van der Waals surface area contributed by atoms with Gasteiger partial charge in [-0.2, -0.15) is 0 Å². The molecule has 0 radical (unpaired) electrons. The van der Waals surface area contributed by atoms with Gasteiger partial charge in [0.2, 0.25) is 12.7 Å². The summed E-state index contributed by atoms with van der Waals surface area (Å²) in [6.07, 6.45) is 3.13. The Balaban J connectivity index is 1.57. The molecule has 0 fully saturated rings. The molecule has 0 spiro atoms. The zero-order valence-corrected chi connectivity index (χ0v) is 13.5. The van der Waals surface area contributed by atoms with Crippen molar-refractivity contribution in [1.29, 1.82) is 0 Å². The third-order valence-corrected chi connectivity index (χ3v) is 4.01. The van der Waals surface area contributed by atoms with Crippen LogP contribution in [0.25, 0.3) is 6.08 Å². The summed E-state index contributed by atoms with van der Waals surface area (Å²) in [6.45, 7) is 0.638. The van der Waals surface area contributed by atoms with Crippen molar-refractivity contribution in [3.8, 4) is 11.5 Å². The number of fused-ring (bicyclic) bond motifs is 1. The molecule has 2 aromatic carbocycles. The van der Waals surface area contributed by atoms with Crippen LogP contribution in [0.1, 0.15) is 11.1 Å². The van der Waals surface area contributed by atoms with E-state index in [4.69, 9.17) is 32.7 Å². The van der Waals surface area contributed by atoms with Gasteiger partial charge in [0.15, 0.2) is 11.5 Å². The molecule has 1 N–H and O–H groups in total. The Kier molecular flexibility index (Phi) is 4.74. The van der Waals surface area contributed by atoms with Crippen LogP contribution in [-0.4, -0.2) is 12.7 Å². The predicted molar refractivity (Wildman–Crippen MR) is 89.9 cm³/mol. The van der Waals surface area contributed by atoms with Gasteiger partial charge in [0.05, 0.1) is 10.0 Å². The highest BCUT2D eigenvalue weighted by atomic mass is 35.5. The van der Waals surface area contributed by atoms with Crippen LogP contribution in [0, 0.1) is 0 Å². The van der Waals surface area contributed by atoms with Crippen LogP contribution in [0.2, 0.25) is 10.0 Å². The van der Waals surface area contributed by atoms with E-state index < -0.39 is 0 Å². The number of nitrogens with one attached hydrogen (secondary N) is 1. The number of amides is 1. The molecule has 0 atom stereocenters. The number of hydrogen-bond donors (Lipinski definition) is 1. The van der Waals surface area contributed by atoms with E-state index in [2.05, 4.69) is 5.32 Å². The Hall–Kier alpha value is -2.17. The number of ether oxygens (including phenoxy) is 2. The molecule has 0 unspecified atom stereocenters. The molecule has 1 heterocycles. The number of hydrogen-bond acceptors (Lipinski definition) is 3. The highest BCUT2D eigenvalue weighted by Gasteiger charge is 2.13. The molecule has 118 valence electrons. The third-order valence-electron chi connectivity index (χ3n) is 3.27. The first kappa shape index (κ1) is 15.7. The molecule has 0 aromatic heterocycles. The number of benzene rings is 2. The molecule has 6 heteroatoms. The van der Waals surface area contributed by atoms with Gasteiger partial charge in [0.1, 0.15) is 0 Å². The fourth-order valence-electron chi connectivity index (χ4n) is 2.09. The van der Waals surface area contributed by atoms with Gasteiger partial charge in [-0.25, -0.2) is 0 Å². The molecule has 1 aliphatic heterocycles. The number of halogens is 2. The average molecular weight is 350 g/mol. The Morgan fingerprint density at radius 3 is 2.74 bits per heavy atom. The normalized spacial score (nSPS) is 12.6. The molecule has 0 saturated carbocycles. The fraction of sp³-hybridized carbons (Fsp3) is 0.118. The zero-order valence-electron chi connectivity index (χ0n) is 12.0. The van der Waals surface area contributed by atoms with Gasteiger partial charge in [-0.3, -0.25) is 4.79 Å². The minimum Gasteiger partial charge on any atom is -0.454 e. The van der Waals surface area contributed by atoms with Gasteiger partial charge in [-0.15, -0.1) is 0 Å². The fourth-order valence-corrected chi connectivity index (χ4v) is 2.39. The van der Waals surface area contributed by atoms with Gasteiger partial charge in [-0.1, -0.05) is 35.3 Å². The van der Waals surface area contributed by atoms with Crippen molar-refractivity contribution in [3.63, 3.8) is 0 Å². The van der Waals surface area contributed by atoms with E-state index in [9.17, 15) is 4.79 Å². The second-order valence-electron chi connectivity index (χ2n) is 4.91. The lowest BCUT2D eigenvalue weighted by Crippen LogP contribution is -2.20. The van der Waals surface area contributed by atoms with Gasteiger partial charge in [0.25, 0.3) is 0 Å². The first-order chi connectivity index (χ1) is 11.1. The maximum absolute atomic E-state index is 11.9. The lowest BCUT2D eigenvalue weighted by atomic mass is 10.2. The van der Waals surface area contributed by atoms with E-state index in [0.29, 0.717) is 22.3 Å². The van der Waals surface area contributed by atoms with E-state index in [-0.39, 0.29) is 12.7 Å². The molecule has 1 aliphatic rings. The summed E-state index contributed by atoms with van der Waals surface area (Å²) in [6, 6.07) is 10.7. The smallest absolute Gasteiger partial charge is 0.244 e. The van der Waals surface area contributed by atoms with Crippen molar-refractivity contribution in [2.45, 2.75) is 6.54 Å². The quantitative estimate of drug-likeness (QED) is 0.847. The summed E-state index contributed by atoms with van der Waals surface area (Å²) in [5.41, 5.74) is 1.74. The van der Waals surface area contributed by atoms with Crippen molar-refractivity contribution in [2.24, 2.45) is 0 Å². The molecule has 23 heavy (non-hydrogen) atoms. The van der Waals surface area contributed by atoms with Crippen LogP contribution < -0.4 is 14.8 Å². The Morgan fingerprint density at radius 1 is 1.09 bits per heavy atom. The maximum atomic E-state index is 11.9. The lowest BCUT2D eigenvalue weighted by Gasteiger charge is -2.04. The summed E-state index contributed by atoms with van der Waals surface area (Å²) in [4.78, 5) is 11.9. The van der Waals surface area contributed by atoms with E-state index in [0.717, 1.165) is 16.9 Å². The topological polar surface area (TPSA) is 47.6 Å². The second kappa shape index (κ2) is 6.94. The SMILES string of the molecule is O=C(C=Cc1ccc(Cl)c(Cl)c1)NCc1ccc2c(c1)OCO2. The van der Waals surface area contributed by atoms with Gasteiger partial charge in [0, 0.05) is 12.6 Å². The largest absolute Gasteiger partial charge is 0.454 e. The lowest BCUT2D eigenvalue weighted by molar-refractivity contribution is -0.116. The highest BCUT2D eigenvalue weighted by molar-refractivity contribution is 6.42. The monoisotopic (exact) mass is 349 g/mol. The van der Waals surface area contributed by atoms with E-state index >= 15 is 0 Å². The Labute approximate surface area is 143 Å². The molecule has 1 amide bonds. The van der Waals surface area contributed by atoms with Crippen LogP contribution in [-0.2, 0) is 11.3 Å². The standard InChI is InChI=1S/C17H13Cl2NO3/c18-13-4-1-11(7-14(13)19)3-6-17(21)20-9-12-2-5-15-16(8-12)23-10-22-15/h1-8H,9-10H2,(H,20,21). The molecular weight excluding hydrogens is 337 g/mol. The Morgan fingerprint density at radius 2 is 1.91 bits per heavy atom. The highest BCUT2D eigenvalue weighted by Crippen LogP contribution is 2.32. The molecule has 3 rings (SSSR count). The Bertz CT molecular complexity index is 774. The van der Waals surface area contributed by atoms with Crippen LogP contribution in [0.4, 0.5) is 0 Å². The second-order valence-corrected chi connectivity index (χ2v) is 5.73. The van der Waals surface area contributed by atoms with Crippen molar-refractivity contribution < 1.29 is 14.3 Å². The van der Waals surface area contributed by atoms with Crippen molar-refractivity contribution in [2.75, 3.05) is 6.79 Å². The van der Waals surface area contributed by atoms with Crippen LogP contribution >= 0.6 is 23.2 Å². The maximum Gasteiger partial charge on any atom is 0.244 e. The average Bonchev–Trinajstić information content (AvgIpc) is 3.01. The predicted octanol–water partition coefficient (Wildman–Crippen LogP) is 4.05. The zero-order chi connectivity index (χ0) is 16.2. The third kappa shape index (κ3) is 3.97. The number of carbonyl (C=O) groups excluding carboxylic acids is 1. The van der Waals surface area contributed by atoms with Crippen LogP contribution in [0.5, 0.6) is 11.5 Å². The molecule has 4 nitrogen and oxygen atoms in total. The van der Waals surface area contributed by atoms with Crippen LogP contribution in [0.15, 0.2) is 42.5 Å². The number of carbonyl (C=O) groups is 1. The first-order valence-corrected chi connectivity index (χ1v) is 7.67. The summed E-state index contributed by atoms with van der Waals surface area (Å²) in [7, 11) is 0. The van der Waals surface area contributed by atoms with E-state index in [1.165, 1.54) is 6.08 Å². The first-order valence-electron chi connectivity index (χ1n) is 6.91. The minimum atomic E-state index is -0.200. The van der Waals surface area contributed by atoms with Gasteiger partial charge >= 0.3 is 0 Å². The van der Waals surface area contributed by atoms with Crippen LogP contribution in [0.3, 0.4) is 0 Å². The van der Waals surface area contributed by atoms with E-state index in [1.807, 2.05) is 18.2 Å². The van der Waals surface area contributed by atoms with E-state index in [1.54, 1.807) is 24.3 Å². The number of rotatable bonds is 4. The minimum absolute atomic E-state index is 0.200. The van der Waals surface area contributed by atoms with Gasteiger partial charge < -0.3 is 14.8 Å². The van der Waals surface area contributed by atoms with Crippen molar-refractivity contribution in [3.05, 3.63) is 63.6 Å². The molecule has 0 saturated heterocycles. The summed E-state index contributed by atoms with van der Waals surface area (Å²) in [5, 5.41) is 3.74.